The van der Waals surface area contributed by atoms with Gasteiger partial charge < -0.3 is 21.7 Å². The minimum atomic E-state index is -4.91. The second kappa shape index (κ2) is 5.60. The Hall–Kier alpha value is -1.24. The highest BCUT2D eigenvalue weighted by atomic mass is 33.2. The molecule has 0 rings (SSSR count). The number of hydrogen-bond acceptors (Lipinski definition) is 8. The first kappa shape index (κ1) is 16.8. The Morgan fingerprint density at radius 1 is 0.833 bits per heavy atom. The SMILES string of the molecule is N[C@@H](CS(=O)(=O)S(=O)(=O)C[C@H](N)C(=O)O)C(=O)O. The van der Waals surface area contributed by atoms with Gasteiger partial charge in [-0.1, -0.05) is 0 Å². The number of hydrogen-bond donors (Lipinski definition) is 4. The number of aliphatic carboxylic acids is 2. The fraction of sp³-hybridized carbons (Fsp3) is 0.667. The third-order valence-electron chi connectivity index (χ3n) is 1.79. The van der Waals surface area contributed by atoms with Crippen LogP contribution in [-0.4, -0.2) is 62.6 Å². The van der Waals surface area contributed by atoms with E-state index < -0.39 is 53.3 Å². The van der Waals surface area contributed by atoms with E-state index in [1.807, 2.05) is 0 Å². The molecule has 0 bridgehead atoms. The van der Waals surface area contributed by atoms with Gasteiger partial charge in [0.1, 0.15) is 12.1 Å². The van der Waals surface area contributed by atoms with Gasteiger partial charge in [0.15, 0.2) is 0 Å². The lowest BCUT2D eigenvalue weighted by Crippen LogP contribution is -2.43. The Labute approximate surface area is 102 Å². The van der Waals surface area contributed by atoms with Crippen molar-refractivity contribution in [1.29, 1.82) is 0 Å². The lowest BCUT2D eigenvalue weighted by molar-refractivity contribution is -0.138. The average Bonchev–Trinajstić information content (AvgIpc) is 2.15. The van der Waals surface area contributed by atoms with Crippen molar-refractivity contribution in [3.8, 4) is 0 Å². The topological polar surface area (TPSA) is 195 Å². The lowest BCUT2D eigenvalue weighted by Gasteiger charge is -2.10. The van der Waals surface area contributed by atoms with E-state index >= 15 is 0 Å². The predicted molar refractivity (Wildman–Crippen MR) is 58.8 cm³/mol. The summed E-state index contributed by atoms with van der Waals surface area (Å²) in [6.07, 6.45) is 0. The average molecular weight is 304 g/mol. The first-order valence-corrected chi connectivity index (χ1v) is 8.15. The maximum absolute atomic E-state index is 11.3. The summed E-state index contributed by atoms with van der Waals surface area (Å²) >= 11 is 0. The van der Waals surface area contributed by atoms with E-state index in [2.05, 4.69) is 0 Å². The molecular formula is C6H12N2O8S2. The van der Waals surface area contributed by atoms with Crippen molar-refractivity contribution in [2.45, 2.75) is 12.1 Å². The van der Waals surface area contributed by atoms with Crippen LogP contribution in [0.4, 0.5) is 0 Å². The van der Waals surface area contributed by atoms with Crippen LogP contribution in [-0.2, 0) is 27.3 Å². The van der Waals surface area contributed by atoms with Crippen molar-refractivity contribution in [2.24, 2.45) is 11.5 Å². The van der Waals surface area contributed by atoms with Gasteiger partial charge in [0.25, 0.3) is 17.7 Å². The molecular weight excluding hydrogens is 292 g/mol. The minimum Gasteiger partial charge on any atom is -0.480 e. The summed E-state index contributed by atoms with van der Waals surface area (Å²) in [5, 5.41) is 16.8. The molecule has 0 unspecified atom stereocenters. The molecule has 0 fully saturated rings. The molecule has 0 spiro atoms. The Balaban J connectivity index is 5.12. The molecule has 0 aromatic rings. The summed E-state index contributed by atoms with van der Waals surface area (Å²) in [6, 6.07) is -3.85. The van der Waals surface area contributed by atoms with Crippen LogP contribution in [0.5, 0.6) is 0 Å². The highest BCUT2D eigenvalue weighted by Gasteiger charge is 2.36. The summed E-state index contributed by atoms with van der Waals surface area (Å²) in [4.78, 5) is 20.7. The summed E-state index contributed by atoms with van der Waals surface area (Å²) < 4.78 is 45.4. The number of rotatable bonds is 7. The standard InChI is InChI=1S/C6H12N2O8S2/c7-3(5(9)10)1-17(13,14)18(15,16)2-4(8)6(11)12/h3-4H,1-2,7-8H2,(H,9,10)(H,11,12)/t3-,4-/m0/s1. The van der Waals surface area contributed by atoms with Crippen LogP contribution in [0.1, 0.15) is 0 Å². The summed E-state index contributed by atoms with van der Waals surface area (Å²) in [5.41, 5.74) is 9.80. The van der Waals surface area contributed by atoms with E-state index in [0.717, 1.165) is 0 Å². The molecule has 0 aliphatic carbocycles. The van der Waals surface area contributed by atoms with E-state index in [0.29, 0.717) is 0 Å². The highest BCUT2D eigenvalue weighted by molar-refractivity contribution is 8.67. The van der Waals surface area contributed by atoms with E-state index in [4.69, 9.17) is 21.7 Å². The first-order chi connectivity index (χ1) is 7.90. The number of nitrogens with two attached hydrogens (primary N) is 2. The van der Waals surface area contributed by atoms with Crippen LogP contribution in [0.3, 0.4) is 0 Å². The van der Waals surface area contributed by atoms with Crippen molar-refractivity contribution >= 4 is 29.7 Å². The predicted octanol–water partition coefficient (Wildman–Crippen LogP) is -3.45. The first-order valence-electron chi connectivity index (χ1n) is 4.33. The molecule has 0 aromatic heterocycles. The molecule has 0 heterocycles. The van der Waals surface area contributed by atoms with Gasteiger partial charge in [0.2, 0.25) is 0 Å². The van der Waals surface area contributed by atoms with Crippen LogP contribution in [0.15, 0.2) is 0 Å². The molecule has 12 heteroatoms. The molecule has 10 nitrogen and oxygen atoms in total. The zero-order chi connectivity index (χ0) is 14.7. The zero-order valence-electron chi connectivity index (χ0n) is 8.88. The van der Waals surface area contributed by atoms with Crippen LogP contribution < -0.4 is 11.5 Å². The minimum absolute atomic E-state index is 1.35. The van der Waals surface area contributed by atoms with Crippen molar-refractivity contribution in [2.75, 3.05) is 11.5 Å². The van der Waals surface area contributed by atoms with Gasteiger partial charge in [-0.3, -0.25) is 9.59 Å². The number of carboxylic acid groups (broad SMARTS) is 2. The van der Waals surface area contributed by atoms with Gasteiger partial charge in [-0.2, -0.15) is 0 Å². The normalized spacial score (nSPS) is 15.9. The van der Waals surface area contributed by atoms with Crippen molar-refractivity contribution in [1.82, 2.24) is 0 Å². The molecule has 0 radical (unpaired) electrons. The van der Waals surface area contributed by atoms with Gasteiger partial charge in [-0.15, -0.1) is 0 Å². The van der Waals surface area contributed by atoms with Gasteiger partial charge in [-0.25, -0.2) is 16.8 Å². The summed E-state index contributed by atoms with van der Waals surface area (Å²) in [6.45, 7) is 0. The highest BCUT2D eigenvalue weighted by Crippen LogP contribution is 2.07. The van der Waals surface area contributed by atoms with Crippen LogP contribution >= 0.6 is 0 Å². The van der Waals surface area contributed by atoms with E-state index in [1.54, 1.807) is 0 Å². The van der Waals surface area contributed by atoms with E-state index in [-0.39, 0.29) is 0 Å². The monoisotopic (exact) mass is 304 g/mol. The maximum atomic E-state index is 11.3. The molecule has 2 atom stereocenters. The van der Waals surface area contributed by atoms with Crippen molar-refractivity contribution < 1.29 is 36.6 Å². The molecule has 106 valence electrons. The maximum Gasteiger partial charge on any atom is 0.321 e. The van der Waals surface area contributed by atoms with Crippen molar-refractivity contribution in [3.63, 3.8) is 0 Å². The smallest absolute Gasteiger partial charge is 0.321 e. The van der Waals surface area contributed by atoms with Crippen molar-refractivity contribution in [3.05, 3.63) is 0 Å². The van der Waals surface area contributed by atoms with Crippen LogP contribution in [0.2, 0.25) is 0 Å². The van der Waals surface area contributed by atoms with E-state index in [1.165, 1.54) is 0 Å². The summed E-state index contributed by atoms with van der Waals surface area (Å²) in [7, 11) is -9.82. The van der Waals surface area contributed by atoms with Gasteiger partial charge in [-0.05, 0) is 0 Å². The van der Waals surface area contributed by atoms with Gasteiger partial charge >= 0.3 is 11.9 Å². The molecule has 0 amide bonds. The fourth-order valence-corrected chi connectivity index (χ4v) is 4.49. The van der Waals surface area contributed by atoms with Crippen LogP contribution in [0.25, 0.3) is 0 Å². The third-order valence-corrected chi connectivity index (χ3v) is 7.24. The zero-order valence-corrected chi connectivity index (χ0v) is 10.5. The third kappa shape index (κ3) is 4.21. The van der Waals surface area contributed by atoms with Gasteiger partial charge in [0, 0.05) is 0 Å². The Bertz CT molecular complexity index is 486. The van der Waals surface area contributed by atoms with E-state index in [9.17, 15) is 26.4 Å². The molecule has 6 N–H and O–H groups in total. The van der Waals surface area contributed by atoms with Gasteiger partial charge in [0.05, 0.1) is 11.5 Å². The largest absolute Gasteiger partial charge is 0.480 e. The Morgan fingerprint density at radius 2 is 1.06 bits per heavy atom. The Kier molecular flexibility index (Phi) is 5.21. The molecule has 0 aliphatic heterocycles. The second-order valence-electron chi connectivity index (χ2n) is 3.34. The molecule has 18 heavy (non-hydrogen) atoms. The molecule has 0 aliphatic rings. The quantitative estimate of drug-likeness (QED) is 0.343. The fourth-order valence-electron chi connectivity index (χ4n) is 0.790. The lowest BCUT2D eigenvalue weighted by atomic mass is 10.4. The summed E-state index contributed by atoms with van der Waals surface area (Å²) in [5.74, 6) is -6.10. The molecule has 0 aromatic carbocycles. The van der Waals surface area contributed by atoms with Crippen LogP contribution in [0, 0.1) is 0 Å². The molecule has 0 saturated heterocycles. The number of carboxylic acids is 2. The molecule has 0 saturated carbocycles. The number of carbonyl (C=O) groups is 2. The Morgan fingerprint density at radius 3 is 1.22 bits per heavy atom. The second-order valence-corrected chi connectivity index (χ2v) is 9.28.